The molecule has 0 unspecified atom stereocenters. The Labute approximate surface area is 809 Å². The predicted molar refractivity (Wildman–Crippen MR) is 553 cm³/mol. The van der Waals surface area contributed by atoms with Gasteiger partial charge in [0.25, 0.3) is 0 Å². The van der Waals surface area contributed by atoms with Gasteiger partial charge in [0.2, 0.25) is 0 Å². The number of aromatic nitrogens is 10. The second kappa shape index (κ2) is 30.1. The summed E-state index contributed by atoms with van der Waals surface area (Å²) in [6, 6.07) is 94.6. The van der Waals surface area contributed by atoms with E-state index in [-0.39, 0.29) is 0 Å². The Hall–Kier alpha value is -17.3. The molecule has 35 rings (SSSR count). The van der Waals surface area contributed by atoms with E-state index in [2.05, 4.69) is 253 Å². The van der Waals surface area contributed by atoms with Crippen LogP contribution in [0, 0.1) is 0 Å². The number of nitrogens with zero attached hydrogens (tertiary/aromatic N) is 15. The Kier molecular flexibility index (Phi) is 16.8. The zero-order valence-electron chi connectivity index (χ0n) is 76.6. The maximum atomic E-state index is 4.78. The fourth-order valence-electron chi connectivity index (χ4n) is 26.4. The average molecular weight is 1800 g/mol. The molecule has 0 atom stereocenters. The molecule has 10 aromatic carbocycles. The molecular weight excluding hydrogens is 1710 g/mol. The monoisotopic (exact) mass is 1800 g/mol. The molecule has 0 spiro atoms. The van der Waals surface area contributed by atoms with Gasteiger partial charge >= 0.3 is 0 Å². The first kappa shape index (κ1) is 77.9. The summed E-state index contributed by atoms with van der Waals surface area (Å²) < 4.78 is 0. The lowest BCUT2D eigenvalue weighted by Gasteiger charge is -2.39. The molecule has 0 N–H and O–H groups in total. The molecule has 20 heterocycles. The van der Waals surface area contributed by atoms with Gasteiger partial charge in [-0.15, -0.1) is 0 Å². The van der Waals surface area contributed by atoms with Gasteiger partial charge < -0.3 is 14.7 Å². The molecule has 0 amide bonds. The van der Waals surface area contributed by atoms with Gasteiger partial charge in [-0.2, -0.15) is 0 Å². The van der Waals surface area contributed by atoms with Crippen LogP contribution in [-0.2, 0) is 96.3 Å². The molecule has 15 heteroatoms. The normalized spacial score (nSPS) is 14.6. The fraction of sp³-hybridized carbons (Fsp3) is 0.120. The maximum Gasteiger partial charge on any atom is 0.142 e. The van der Waals surface area contributed by atoms with Crippen molar-refractivity contribution in [2.24, 2.45) is 0 Å². The summed E-state index contributed by atoms with van der Waals surface area (Å²) in [5, 5.41) is 0. The molecule has 5 aliphatic carbocycles. The summed E-state index contributed by atoms with van der Waals surface area (Å²) in [7, 11) is 0. The third kappa shape index (κ3) is 11.5. The first-order chi connectivity index (χ1) is 69.4. The molecule has 10 aliphatic heterocycles. The summed E-state index contributed by atoms with van der Waals surface area (Å²) >= 11 is 0. The van der Waals surface area contributed by atoms with Gasteiger partial charge in [-0.3, -0.25) is 44.7 Å². The van der Waals surface area contributed by atoms with E-state index in [0.29, 0.717) is 0 Å². The maximum absolute atomic E-state index is 4.78. The predicted octanol–water partition coefficient (Wildman–Crippen LogP) is 26.6. The highest BCUT2D eigenvalue weighted by atomic mass is 15.3. The van der Waals surface area contributed by atoms with Crippen LogP contribution in [0.1, 0.15) is 168 Å². The summed E-state index contributed by atoms with van der Waals surface area (Å²) in [6.07, 6.45) is 37.4. The van der Waals surface area contributed by atoms with Crippen LogP contribution < -0.4 is 24.5 Å². The first-order valence-corrected chi connectivity index (χ1v) is 49.1. The van der Waals surface area contributed by atoms with Gasteiger partial charge in [0, 0.05) is 132 Å². The third-order valence-corrected chi connectivity index (χ3v) is 32.1. The van der Waals surface area contributed by atoms with Crippen LogP contribution in [0.4, 0.5) is 85.7 Å². The summed E-state index contributed by atoms with van der Waals surface area (Å²) in [6.45, 7) is 0. The zero-order chi connectivity index (χ0) is 91.2. The molecule has 0 bridgehead atoms. The van der Waals surface area contributed by atoms with E-state index < -0.39 is 0 Å². The molecule has 660 valence electrons. The van der Waals surface area contributed by atoms with Crippen molar-refractivity contribution in [3.05, 3.63) is 503 Å². The van der Waals surface area contributed by atoms with Gasteiger partial charge in [0.1, 0.15) is 17.5 Å². The van der Waals surface area contributed by atoms with Crippen molar-refractivity contribution in [1.29, 1.82) is 0 Å². The van der Waals surface area contributed by atoms with Crippen molar-refractivity contribution < 1.29 is 0 Å². The van der Waals surface area contributed by atoms with Crippen LogP contribution in [0.15, 0.2) is 335 Å². The van der Waals surface area contributed by atoms with Crippen LogP contribution in [0.25, 0.3) is 55.6 Å². The van der Waals surface area contributed by atoms with Crippen molar-refractivity contribution in [3.63, 3.8) is 0 Å². The van der Waals surface area contributed by atoms with Crippen molar-refractivity contribution in [1.82, 2.24) is 49.8 Å². The number of rotatable bonds is 0. The first-order valence-electron chi connectivity index (χ1n) is 49.1. The number of benzene rings is 10. The fourth-order valence-corrected chi connectivity index (χ4v) is 26.4. The van der Waals surface area contributed by atoms with Gasteiger partial charge in [-0.25, -0.2) is 15.0 Å². The van der Waals surface area contributed by atoms with Gasteiger partial charge in [0.05, 0.1) is 103 Å². The van der Waals surface area contributed by atoms with Gasteiger partial charge in [-0.05, 0) is 342 Å². The molecule has 20 aromatic rings. The lowest BCUT2D eigenvalue weighted by molar-refractivity contribution is 0.936. The van der Waals surface area contributed by atoms with E-state index >= 15 is 0 Å². The van der Waals surface area contributed by atoms with Crippen LogP contribution >= 0.6 is 0 Å². The van der Waals surface area contributed by atoms with Gasteiger partial charge in [-0.1, -0.05) is 146 Å². The minimum absolute atomic E-state index is 0.882. The van der Waals surface area contributed by atoms with E-state index in [1.807, 2.05) is 117 Å². The second-order valence-corrected chi connectivity index (χ2v) is 39.4. The molecule has 0 radical (unpaired) electrons. The van der Waals surface area contributed by atoms with Gasteiger partial charge in [0.15, 0.2) is 0 Å². The van der Waals surface area contributed by atoms with Crippen LogP contribution in [-0.4, -0.2) is 49.8 Å². The minimum atomic E-state index is 0.882. The van der Waals surface area contributed by atoms with Crippen molar-refractivity contribution in [2.75, 3.05) is 24.5 Å². The van der Waals surface area contributed by atoms with E-state index in [9.17, 15) is 0 Å². The Bertz CT molecular complexity index is 8020. The van der Waals surface area contributed by atoms with E-state index in [0.717, 1.165) is 142 Å². The Morgan fingerprint density at radius 3 is 0.921 bits per heavy atom. The van der Waals surface area contributed by atoms with Crippen molar-refractivity contribution in [2.45, 2.75) is 96.3 Å². The van der Waals surface area contributed by atoms with E-state index in [1.165, 1.54) is 263 Å². The highest BCUT2D eigenvalue weighted by molar-refractivity contribution is 6.00. The lowest BCUT2D eigenvalue weighted by atomic mass is 9.84. The highest BCUT2D eigenvalue weighted by Crippen LogP contribution is 2.62. The summed E-state index contributed by atoms with van der Waals surface area (Å²) in [5.41, 5.74) is 70.3. The number of pyridine rings is 10. The second-order valence-electron chi connectivity index (χ2n) is 39.4. The Balaban J connectivity index is 0.0000000806. The van der Waals surface area contributed by atoms with Crippen molar-refractivity contribution in [3.8, 4) is 55.6 Å². The smallest absolute Gasteiger partial charge is 0.142 e. The van der Waals surface area contributed by atoms with E-state index in [4.69, 9.17) is 39.9 Å². The molecule has 0 saturated heterocycles. The number of fused-ring (bicyclic) bond motifs is 40. The van der Waals surface area contributed by atoms with E-state index in [1.54, 1.807) is 0 Å². The largest absolute Gasteiger partial charge is 0.308 e. The number of hydrogen-bond acceptors (Lipinski definition) is 15. The van der Waals surface area contributed by atoms with Crippen LogP contribution in [0.3, 0.4) is 0 Å². The molecule has 140 heavy (non-hydrogen) atoms. The minimum Gasteiger partial charge on any atom is -0.308 e. The summed E-state index contributed by atoms with van der Waals surface area (Å²) in [5.74, 6) is 3.12. The Morgan fingerprint density at radius 1 is 0.157 bits per heavy atom. The quantitative estimate of drug-likeness (QED) is 0.142. The van der Waals surface area contributed by atoms with Crippen LogP contribution in [0.2, 0.25) is 0 Å². The zero-order valence-corrected chi connectivity index (χ0v) is 76.6. The van der Waals surface area contributed by atoms with Crippen LogP contribution in [0.5, 0.6) is 0 Å². The molecule has 0 fully saturated rings. The average Bonchev–Trinajstić information content (AvgIpc) is 1.39. The molecule has 15 aliphatic rings. The Morgan fingerprint density at radius 2 is 0.457 bits per heavy atom. The van der Waals surface area contributed by atoms with Crippen molar-refractivity contribution >= 4 is 85.7 Å². The summed E-state index contributed by atoms with van der Waals surface area (Å²) in [4.78, 5) is 58.7. The topological polar surface area (TPSA) is 145 Å². The number of hydrogen-bond donors (Lipinski definition) is 0. The molecule has 0 saturated carbocycles. The standard InChI is InChI=1S/5C25H17N3/c1-2-8-20-15(5-1)11-18-13-19-12-16-6-3-9-26-24(16)28-23(19)21(22(18)20)14-17-7-4-10-27-25(17)28;1-2-7-18-15(5-1)11-20-19(18)13-17-14-22-23(8-4-9-26-22)28-24(17)21(20)12-16-6-3-10-27-25(16)28;1-2-6-17-15(5-1)11-19-18(17)12-16-13-21-23(7-3-9-26-21)28-24-8-4-10-27-22(24)14-20(19)25(16)28;1-2-5-18-15(4-1)10-20-19(18)11-16-13-22-24(6-3-8-27-22)28-23-7-9-26-14-17(23)12-21(20)25(16)28;1-2-5-18-15(4-1)10-20-19(18)12-17-13-22-23(6-3-8-27-22)28-24-14-26-9-7-16(24)11-21(20)25(17)28/h2*1-10,13H,11-12,14H2;1-10,12H,11,13-14H2;1-9,11,14H,10,12-13H2;1-9,12,14H,10-11,13H2. The third-order valence-electron chi connectivity index (χ3n) is 32.1. The molecule has 10 aromatic heterocycles. The highest BCUT2D eigenvalue weighted by Gasteiger charge is 2.45. The number of anilines is 15. The molecule has 15 nitrogen and oxygen atoms in total. The molecular formula is C125H85N15. The SMILES string of the molecule is c1ccc2c(c1)Cc1c-2cc2c3c1Cc1cccnc1N3c1cccnc1C2.c1ccc2c(c1)Cc1c-2cc2c3c1Cc1ccncc1N3c1cccnc1C2.c1ccc2c(c1)Cc1c-2cc2c3c1Cc1cnccc1N3c1cccnc1C2.c1ccc2c(c1)Cc1c-2cc2c3c1Cc1ncccc1N3c1cccnc1C2.c1ccc2c(c1)Cc1cc3c4c(c1-2)Cc1cccnc1N4c1ncccc1C3. The lowest BCUT2D eigenvalue weighted by Crippen LogP contribution is -2.27.